The molecule has 0 spiro atoms. The summed E-state index contributed by atoms with van der Waals surface area (Å²) in [6.07, 6.45) is 1.37. The number of carbonyl (C=O) groups excluding carboxylic acids is 1. The molecule has 4 nitrogen and oxygen atoms in total. The Morgan fingerprint density at radius 1 is 1.50 bits per heavy atom. The molecule has 0 saturated carbocycles. The van der Waals surface area contributed by atoms with Crippen molar-refractivity contribution in [2.75, 3.05) is 19.8 Å². The lowest BCUT2D eigenvalue weighted by Gasteiger charge is -2.32. The van der Waals surface area contributed by atoms with Crippen molar-refractivity contribution in [3.8, 4) is 6.07 Å². The van der Waals surface area contributed by atoms with Gasteiger partial charge in [0.2, 0.25) is 5.91 Å². The molecule has 4 heteroatoms. The zero-order valence-corrected chi connectivity index (χ0v) is 11.8. The molecule has 1 aromatic rings. The molecule has 0 N–H and O–H groups in total. The molecule has 1 aromatic carbocycles. The first-order valence-corrected chi connectivity index (χ1v) is 7.08. The Kier molecular flexibility index (Phi) is 5.14. The quantitative estimate of drug-likeness (QED) is 0.845. The zero-order chi connectivity index (χ0) is 14.4. The van der Waals surface area contributed by atoms with Gasteiger partial charge in [0.05, 0.1) is 19.3 Å². The summed E-state index contributed by atoms with van der Waals surface area (Å²) in [7, 11) is 0. The summed E-state index contributed by atoms with van der Waals surface area (Å²) in [5.74, 6) is 0.265. The second kappa shape index (κ2) is 7.06. The van der Waals surface area contributed by atoms with Gasteiger partial charge in [-0.1, -0.05) is 37.3 Å². The summed E-state index contributed by atoms with van der Waals surface area (Å²) in [6, 6.07) is 11.8. The number of rotatable bonds is 4. The summed E-state index contributed by atoms with van der Waals surface area (Å²) in [5, 5.41) is 9.09. The number of morpholine rings is 1. The van der Waals surface area contributed by atoms with Crippen molar-refractivity contribution in [2.45, 2.75) is 31.7 Å². The van der Waals surface area contributed by atoms with E-state index < -0.39 is 6.04 Å². The minimum absolute atomic E-state index is 0.0514. The van der Waals surface area contributed by atoms with Gasteiger partial charge in [0.15, 0.2) is 0 Å². The Morgan fingerprint density at radius 2 is 2.25 bits per heavy atom. The van der Waals surface area contributed by atoms with Crippen LogP contribution >= 0.6 is 0 Å². The first kappa shape index (κ1) is 14.5. The highest BCUT2D eigenvalue weighted by molar-refractivity contribution is 5.78. The van der Waals surface area contributed by atoms with Gasteiger partial charge in [0.1, 0.15) is 6.04 Å². The van der Waals surface area contributed by atoms with E-state index in [0.717, 1.165) is 6.42 Å². The minimum atomic E-state index is -0.440. The first-order valence-electron chi connectivity index (χ1n) is 7.08. The van der Waals surface area contributed by atoms with Crippen molar-refractivity contribution in [3.05, 3.63) is 35.9 Å². The lowest BCUT2D eigenvalue weighted by Crippen LogP contribution is -2.48. The maximum absolute atomic E-state index is 12.4. The van der Waals surface area contributed by atoms with Crippen molar-refractivity contribution < 1.29 is 9.53 Å². The molecule has 0 bridgehead atoms. The van der Waals surface area contributed by atoms with Crippen LogP contribution in [0.25, 0.3) is 0 Å². The van der Waals surface area contributed by atoms with Crippen LogP contribution in [0.4, 0.5) is 0 Å². The van der Waals surface area contributed by atoms with Gasteiger partial charge < -0.3 is 9.64 Å². The molecule has 1 aliphatic rings. The van der Waals surface area contributed by atoms with Crippen LogP contribution in [0, 0.1) is 11.3 Å². The molecule has 1 saturated heterocycles. The van der Waals surface area contributed by atoms with Crippen molar-refractivity contribution in [2.24, 2.45) is 0 Å². The number of nitriles is 1. The molecule has 2 atom stereocenters. The Labute approximate surface area is 120 Å². The van der Waals surface area contributed by atoms with Gasteiger partial charge in [-0.25, -0.2) is 0 Å². The topological polar surface area (TPSA) is 53.3 Å². The number of hydrogen-bond acceptors (Lipinski definition) is 3. The number of amides is 1. The maximum atomic E-state index is 12.4. The lowest BCUT2D eigenvalue weighted by atomic mass is 9.92. The van der Waals surface area contributed by atoms with Crippen molar-refractivity contribution in [1.82, 2.24) is 4.90 Å². The smallest absolute Gasteiger partial charge is 0.224 e. The molecule has 1 heterocycles. The molecular weight excluding hydrogens is 252 g/mol. The highest BCUT2D eigenvalue weighted by Gasteiger charge is 2.28. The average Bonchev–Trinajstić information content (AvgIpc) is 2.53. The largest absolute Gasteiger partial charge is 0.376 e. The second-order valence-corrected chi connectivity index (χ2v) is 5.03. The van der Waals surface area contributed by atoms with Crippen molar-refractivity contribution >= 4 is 5.91 Å². The normalized spacial score (nSPS) is 20.2. The van der Waals surface area contributed by atoms with Gasteiger partial charge in [-0.15, -0.1) is 0 Å². The summed E-state index contributed by atoms with van der Waals surface area (Å²) in [4.78, 5) is 14.1. The van der Waals surface area contributed by atoms with E-state index >= 15 is 0 Å². The van der Waals surface area contributed by atoms with Gasteiger partial charge in [-0.05, 0) is 17.9 Å². The van der Waals surface area contributed by atoms with Crippen molar-refractivity contribution in [1.29, 1.82) is 5.26 Å². The van der Waals surface area contributed by atoms with Gasteiger partial charge in [-0.3, -0.25) is 4.79 Å². The molecular formula is C16H20N2O2. The van der Waals surface area contributed by atoms with E-state index in [4.69, 9.17) is 10.00 Å². The van der Waals surface area contributed by atoms with E-state index in [9.17, 15) is 4.79 Å². The monoisotopic (exact) mass is 272 g/mol. The fourth-order valence-corrected chi connectivity index (χ4v) is 2.56. The van der Waals surface area contributed by atoms with Gasteiger partial charge in [0, 0.05) is 13.0 Å². The van der Waals surface area contributed by atoms with Crippen LogP contribution < -0.4 is 0 Å². The maximum Gasteiger partial charge on any atom is 0.224 e. The Morgan fingerprint density at radius 3 is 2.90 bits per heavy atom. The van der Waals surface area contributed by atoms with E-state index in [1.807, 2.05) is 18.2 Å². The zero-order valence-electron chi connectivity index (χ0n) is 11.8. The molecule has 0 aliphatic carbocycles. The fourth-order valence-electron chi connectivity index (χ4n) is 2.56. The van der Waals surface area contributed by atoms with E-state index in [1.165, 1.54) is 5.56 Å². The Balaban J connectivity index is 2.04. The third-order valence-corrected chi connectivity index (χ3v) is 3.78. The number of ether oxygens (including phenoxy) is 1. The van der Waals surface area contributed by atoms with Crippen LogP contribution in [0.2, 0.25) is 0 Å². The van der Waals surface area contributed by atoms with Crippen LogP contribution in [0.15, 0.2) is 30.3 Å². The fraction of sp³-hybridized carbons (Fsp3) is 0.500. The van der Waals surface area contributed by atoms with Crippen LogP contribution in [0.3, 0.4) is 0 Å². The van der Waals surface area contributed by atoms with E-state index in [-0.39, 0.29) is 11.8 Å². The number of carbonyl (C=O) groups is 1. The molecule has 0 aromatic heterocycles. The third-order valence-electron chi connectivity index (χ3n) is 3.78. The van der Waals surface area contributed by atoms with Gasteiger partial charge in [-0.2, -0.15) is 5.26 Å². The van der Waals surface area contributed by atoms with Gasteiger partial charge in [0.25, 0.3) is 0 Å². The molecule has 1 aliphatic heterocycles. The lowest BCUT2D eigenvalue weighted by molar-refractivity contribution is -0.138. The molecule has 1 fully saturated rings. The van der Waals surface area contributed by atoms with Crippen LogP contribution in [0.1, 0.15) is 31.2 Å². The number of benzene rings is 1. The van der Waals surface area contributed by atoms with Gasteiger partial charge >= 0.3 is 0 Å². The standard InChI is InChI=1S/C16H20N2O2/c1-2-13(14-6-4-3-5-7-14)10-16(19)18-8-9-20-12-15(18)11-17/h3-7,13,15H,2,8-10,12H2,1H3/t13-,15+/m1/s1. The van der Waals surface area contributed by atoms with E-state index in [2.05, 4.69) is 25.1 Å². The van der Waals surface area contributed by atoms with Crippen LogP contribution in [-0.2, 0) is 9.53 Å². The second-order valence-electron chi connectivity index (χ2n) is 5.03. The first-order chi connectivity index (χ1) is 9.76. The summed E-state index contributed by atoms with van der Waals surface area (Å²) >= 11 is 0. The summed E-state index contributed by atoms with van der Waals surface area (Å²) in [5.41, 5.74) is 1.19. The average molecular weight is 272 g/mol. The molecule has 2 rings (SSSR count). The molecule has 20 heavy (non-hydrogen) atoms. The van der Waals surface area contributed by atoms with Crippen LogP contribution in [0.5, 0.6) is 0 Å². The predicted octanol–water partition coefficient (Wildman–Crippen LogP) is 2.32. The minimum Gasteiger partial charge on any atom is -0.376 e. The van der Waals surface area contributed by atoms with Crippen molar-refractivity contribution in [3.63, 3.8) is 0 Å². The summed E-state index contributed by atoms with van der Waals surface area (Å²) < 4.78 is 5.25. The molecule has 106 valence electrons. The third kappa shape index (κ3) is 3.37. The SMILES string of the molecule is CC[C@H](CC(=O)N1CCOC[C@@H]1C#N)c1ccccc1. The highest BCUT2D eigenvalue weighted by atomic mass is 16.5. The van der Waals surface area contributed by atoms with E-state index in [0.29, 0.717) is 26.2 Å². The number of nitrogens with zero attached hydrogens (tertiary/aromatic N) is 2. The van der Waals surface area contributed by atoms with Crippen LogP contribution in [-0.4, -0.2) is 36.6 Å². The highest BCUT2D eigenvalue weighted by Crippen LogP contribution is 2.24. The number of hydrogen-bond donors (Lipinski definition) is 0. The Bertz CT molecular complexity index is 481. The van der Waals surface area contributed by atoms with E-state index in [1.54, 1.807) is 4.90 Å². The summed E-state index contributed by atoms with van der Waals surface area (Å²) in [6.45, 7) is 3.45. The molecule has 0 radical (unpaired) electrons. The predicted molar refractivity (Wildman–Crippen MR) is 76.0 cm³/mol. The molecule has 1 amide bonds. The Hall–Kier alpha value is -1.86. The molecule has 0 unspecified atom stereocenters.